The molecular weight excluding hydrogens is 222 g/mol. The number of anilines is 2. The molecule has 1 aromatic carbocycles. The van der Waals surface area contributed by atoms with Crippen molar-refractivity contribution in [2.75, 3.05) is 25.7 Å². The maximum Gasteiger partial charge on any atom is 0.169 e. The number of rotatable bonds is 3. The van der Waals surface area contributed by atoms with Gasteiger partial charge in [-0.1, -0.05) is 5.16 Å². The molecule has 0 aliphatic heterocycles. The lowest BCUT2D eigenvalue weighted by molar-refractivity contribution is 0.397. The predicted octanol–water partition coefficient (Wildman–Crippen LogP) is 1.52. The molecule has 0 amide bonds. The lowest BCUT2D eigenvalue weighted by Crippen LogP contribution is -1.97. The first kappa shape index (κ1) is 11.1. The smallest absolute Gasteiger partial charge is 0.169 e. The van der Waals surface area contributed by atoms with Gasteiger partial charge in [-0.2, -0.15) is 0 Å². The van der Waals surface area contributed by atoms with Crippen LogP contribution in [0.5, 0.6) is 11.5 Å². The predicted molar refractivity (Wildman–Crippen MR) is 63.9 cm³/mol. The van der Waals surface area contributed by atoms with E-state index in [0.717, 1.165) is 5.56 Å². The van der Waals surface area contributed by atoms with Crippen LogP contribution < -0.4 is 20.9 Å². The Labute approximate surface area is 98.1 Å². The molecule has 0 saturated heterocycles. The molecule has 90 valence electrons. The average Bonchev–Trinajstić information content (AvgIpc) is 2.76. The van der Waals surface area contributed by atoms with Crippen LogP contribution in [0.3, 0.4) is 0 Å². The zero-order chi connectivity index (χ0) is 12.4. The largest absolute Gasteiger partial charge is 0.494 e. The Kier molecular flexibility index (Phi) is 2.78. The van der Waals surface area contributed by atoms with E-state index in [4.69, 9.17) is 25.5 Å². The molecule has 1 heterocycles. The van der Waals surface area contributed by atoms with Crippen LogP contribution in [-0.2, 0) is 0 Å². The molecule has 0 unspecified atom stereocenters. The molecule has 0 atom stereocenters. The van der Waals surface area contributed by atoms with Crippen LogP contribution in [-0.4, -0.2) is 19.4 Å². The Morgan fingerprint density at radius 3 is 2.06 bits per heavy atom. The normalized spacial score (nSPS) is 10.2. The third kappa shape index (κ3) is 1.96. The Morgan fingerprint density at radius 2 is 1.65 bits per heavy atom. The molecule has 6 heteroatoms. The summed E-state index contributed by atoms with van der Waals surface area (Å²) in [7, 11) is 3.06. The second-order valence-electron chi connectivity index (χ2n) is 3.41. The molecule has 4 N–H and O–H groups in total. The van der Waals surface area contributed by atoms with Crippen molar-refractivity contribution in [3.8, 4) is 22.8 Å². The lowest BCUT2D eigenvalue weighted by Gasteiger charge is -2.10. The minimum Gasteiger partial charge on any atom is -0.494 e. The van der Waals surface area contributed by atoms with Gasteiger partial charge in [-0.05, 0) is 12.1 Å². The summed E-state index contributed by atoms with van der Waals surface area (Å²) < 4.78 is 15.4. The topological polar surface area (TPSA) is 96.5 Å². The molecule has 0 radical (unpaired) electrons. The van der Waals surface area contributed by atoms with Gasteiger partial charge in [0.25, 0.3) is 0 Å². The fourth-order valence-corrected chi connectivity index (χ4v) is 1.51. The molecule has 0 fully saturated rings. The molecular formula is C11H13N3O3. The third-order valence-electron chi connectivity index (χ3n) is 2.36. The number of benzene rings is 1. The highest BCUT2D eigenvalue weighted by Crippen LogP contribution is 2.37. The van der Waals surface area contributed by atoms with Gasteiger partial charge in [-0.3, -0.25) is 0 Å². The van der Waals surface area contributed by atoms with E-state index in [2.05, 4.69) is 5.16 Å². The number of methoxy groups -OCH3 is 2. The molecule has 0 saturated carbocycles. The first-order valence-electron chi connectivity index (χ1n) is 4.89. The van der Waals surface area contributed by atoms with Gasteiger partial charge in [-0.15, -0.1) is 0 Å². The number of nitrogens with two attached hydrogens (primary N) is 2. The SMILES string of the molecule is COc1cc(-c2cc(N)no2)cc(OC)c1N. The van der Waals surface area contributed by atoms with Crippen LogP contribution in [0.1, 0.15) is 0 Å². The highest BCUT2D eigenvalue weighted by Gasteiger charge is 2.13. The van der Waals surface area contributed by atoms with Crippen LogP contribution in [0.2, 0.25) is 0 Å². The zero-order valence-electron chi connectivity index (χ0n) is 9.56. The van der Waals surface area contributed by atoms with E-state index >= 15 is 0 Å². The van der Waals surface area contributed by atoms with Gasteiger partial charge in [0, 0.05) is 11.6 Å². The molecule has 2 rings (SSSR count). The van der Waals surface area contributed by atoms with Crippen molar-refractivity contribution in [1.29, 1.82) is 0 Å². The van der Waals surface area contributed by atoms with Gasteiger partial charge in [-0.25, -0.2) is 0 Å². The molecule has 1 aromatic heterocycles. The van der Waals surface area contributed by atoms with Gasteiger partial charge in [0.15, 0.2) is 11.6 Å². The minimum absolute atomic E-state index is 0.315. The minimum atomic E-state index is 0.315. The van der Waals surface area contributed by atoms with E-state index in [9.17, 15) is 0 Å². The molecule has 6 nitrogen and oxygen atoms in total. The lowest BCUT2D eigenvalue weighted by atomic mass is 10.1. The van der Waals surface area contributed by atoms with Crippen molar-refractivity contribution in [3.63, 3.8) is 0 Å². The van der Waals surface area contributed by atoms with E-state index < -0.39 is 0 Å². The van der Waals surface area contributed by atoms with E-state index in [1.54, 1.807) is 18.2 Å². The summed E-state index contributed by atoms with van der Waals surface area (Å²) in [6.07, 6.45) is 0. The first-order valence-corrected chi connectivity index (χ1v) is 4.89. The summed E-state index contributed by atoms with van der Waals surface area (Å²) in [5.41, 5.74) is 12.5. The van der Waals surface area contributed by atoms with Gasteiger partial charge >= 0.3 is 0 Å². The summed E-state index contributed by atoms with van der Waals surface area (Å²) in [5, 5.41) is 3.62. The van der Waals surface area contributed by atoms with Crippen LogP contribution in [0.15, 0.2) is 22.7 Å². The molecule has 0 bridgehead atoms. The monoisotopic (exact) mass is 235 g/mol. The summed E-state index contributed by atoms with van der Waals surface area (Å²) >= 11 is 0. The van der Waals surface area contributed by atoms with Crippen LogP contribution >= 0.6 is 0 Å². The van der Waals surface area contributed by atoms with Crippen molar-refractivity contribution < 1.29 is 14.0 Å². The van der Waals surface area contributed by atoms with E-state index in [1.807, 2.05) is 0 Å². The third-order valence-corrected chi connectivity index (χ3v) is 2.36. The average molecular weight is 235 g/mol. The number of nitrogens with zero attached hydrogens (tertiary/aromatic N) is 1. The number of hydrogen-bond donors (Lipinski definition) is 2. The highest BCUT2D eigenvalue weighted by molar-refractivity contribution is 5.73. The van der Waals surface area contributed by atoms with Gasteiger partial charge in [0.1, 0.15) is 17.2 Å². The summed E-state index contributed by atoms with van der Waals surface area (Å²) in [4.78, 5) is 0. The van der Waals surface area contributed by atoms with Crippen LogP contribution in [0.4, 0.5) is 11.5 Å². The van der Waals surface area contributed by atoms with Crippen molar-refractivity contribution in [1.82, 2.24) is 5.16 Å². The molecule has 0 spiro atoms. The van der Waals surface area contributed by atoms with E-state index in [0.29, 0.717) is 28.8 Å². The Bertz CT molecular complexity index is 512. The highest BCUT2D eigenvalue weighted by atomic mass is 16.5. The van der Waals surface area contributed by atoms with Crippen LogP contribution in [0.25, 0.3) is 11.3 Å². The quantitative estimate of drug-likeness (QED) is 0.783. The Morgan fingerprint density at radius 1 is 1.06 bits per heavy atom. The second-order valence-corrected chi connectivity index (χ2v) is 3.41. The Hall–Kier alpha value is -2.37. The van der Waals surface area contributed by atoms with Gasteiger partial charge in [0.2, 0.25) is 0 Å². The van der Waals surface area contributed by atoms with E-state index in [-0.39, 0.29) is 0 Å². The maximum absolute atomic E-state index is 5.84. The fraction of sp³-hybridized carbons (Fsp3) is 0.182. The summed E-state index contributed by atoms with van der Waals surface area (Å²) in [5.74, 6) is 1.86. The number of nitrogen functional groups attached to an aromatic ring is 2. The second kappa shape index (κ2) is 4.25. The molecule has 0 aliphatic carbocycles. The zero-order valence-corrected chi connectivity index (χ0v) is 9.56. The van der Waals surface area contributed by atoms with Crippen LogP contribution in [0, 0.1) is 0 Å². The molecule has 2 aromatic rings. The van der Waals surface area contributed by atoms with Crippen molar-refractivity contribution >= 4 is 11.5 Å². The first-order chi connectivity index (χ1) is 8.15. The summed E-state index contributed by atoms with van der Waals surface area (Å²) in [6, 6.07) is 5.08. The van der Waals surface area contributed by atoms with Crippen molar-refractivity contribution in [2.45, 2.75) is 0 Å². The fourth-order valence-electron chi connectivity index (χ4n) is 1.51. The van der Waals surface area contributed by atoms with Crippen molar-refractivity contribution in [2.24, 2.45) is 0 Å². The van der Waals surface area contributed by atoms with Gasteiger partial charge in [0.05, 0.1) is 14.2 Å². The number of aromatic nitrogens is 1. The van der Waals surface area contributed by atoms with E-state index in [1.165, 1.54) is 14.2 Å². The standard InChI is InChI=1S/C11H13N3O3/c1-15-8-3-6(4-9(16-2)11(8)13)7-5-10(12)14-17-7/h3-5H,13H2,1-2H3,(H2,12,14). The molecule has 0 aliphatic rings. The summed E-state index contributed by atoms with van der Waals surface area (Å²) in [6.45, 7) is 0. The number of hydrogen-bond acceptors (Lipinski definition) is 6. The van der Waals surface area contributed by atoms with Gasteiger partial charge < -0.3 is 25.5 Å². The Balaban J connectivity index is 2.55. The number of ether oxygens (including phenoxy) is 2. The van der Waals surface area contributed by atoms with Crippen molar-refractivity contribution in [3.05, 3.63) is 18.2 Å². The molecule has 17 heavy (non-hydrogen) atoms. The maximum atomic E-state index is 5.84.